The molecule has 1 aliphatic rings. The second-order valence-corrected chi connectivity index (χ2v) is 8.61. The SMILES string of the molecule is COc1cc(C)c(C(=O)N2CCN(S(=O)(=O)c3ccc(F)cc3)CC2)cc1OC. The van der Waals surface area contributed by atoms with Crippen LogP contribution in [-0.4, -0.2) is 63.9 Å². The van der Waals surface area contributed by atoms with Crippen LogP contribution in [-0.2, 0) is 10.0 Å². The summed E-state index contributed by atoms with van der Waals surface area (Å²) in [5.41, 5.74) is 1.23. The second-order valence-electron chi connectivity index (χ2n) is 6.67. The predicted octanol–water partition coefficient (Wildman–Crippen LogP) is 2.30. The Morgan fingerprint density at radius 2 is 1.52 bits per heavy atom. The topological polar surface area (TPSA) is 76.2 Å². The molecule has 7 nitrogen and oxygen atoms in total. The van der Waals surface area contributed by atoms with Gasteiger partial charge in [-0.3, -0.25) is 4.79 Å². The molecule has 0 bridgehead atoms. The maximum Gasteiger partial charge on any atom is 0.254 e. The Kier molecular flexibility index (Phi) is 6.09. The summed E-state index contributed by atoms with van der Waals surface area (Å²) < 4.78 is 50.4. The average Bonchev–Trinajstić information content (AvgIpc) is 2.73. The van der Waals surface area contributed by atoms with Crippen molar-refractivity contribution >= 4 is 15.9 Å². The minimum atomic E-state index is -3.73. The van der Waals surface area contributed by atoms with Gasteiger partial charge in [-0.1, -0.05) is 0 Å². The van der Waals surface area contributed by atoms with Gasteiger partial charge in [0.1, 0.15) is 5.82 Å². The molecule has 0 radical (unpaired) electrons. The van der Waals surface area contributed by atoms with Crippen LogP contribution in [0.1, 0.15) is 15.9 Å². The molecule has 1 heterocycles. The number of carbonyl (C=O) groups excluding carboxylic acids is 1. The van der Waals surface area contributed by atoms with Crippen LogP contribution >= 0.6 is 0 Å². The first-order chi connectivity index (χ1) is 13.8. The van der Waals surface area contributed by atoms with Crippen LogP contribution in [0.3, 0.4) is 0 Å². The molecule has 3 rings (SSSR count). The molecular weight excluding hydrogens is 399 g/mol. The fourth-order valence-corrected chi connectivity index (χ4v) is 4.69. The molecule has 1 aliphatic heterocycles. The van der Waals surface area contributed by atoms with E-state index in [1.54, 1.807) is 17.0 Å². The first-order valence-corrected chi connectivity index (χ1v) is 10.5. The summed E-state index contributed by atoms with van der Waals surface area (Å²) in [5, 5.41) is 0. The minimum Gasteiger partial charge on any atom is -0.493 e. The first-order valence-electron chi connectivity index (χ1n) is 9.05. The van der Waals surface area contributed by atoms with Crippen molar-refractivity contribution < 1.29 is 27.1 Å². The highest BCUT2D eigenvalue weighted by atomic mass is 32.2. The maximum atomic E-state index is 13.1. The molecule has 0 spiro atoms. The number of aryl methyl sites for hydroxylation is 1. The minimum absolute atomic E-state index is 0.0365. The molecule has 9 heteroatoms. The summed E-state index contributed by atoms with van der Waals surface area (Å²) in [6, 6.07) is 8.10. The van der Waals surface area contributed by atoms with Crippen molar-refractivity contribution in [3.05, 3.63) is 53.3 Å². The molecule has 2 aromatic rings. The molecule has 0 unspecified atom stereocenters. The smallest absolute Gasteiger partial charge is 0.254 e. The number of hydrogen-bond acceptors (Lipinski definition) is 5. The van der Waals surface area contributed by atoms with Crippen molar-refractivity contribution in [1.29, 1.82) is 0 Å². The zero-order valence-corrected chi connectivity index (χ0v) is 17.3. The number of halogens is 1. The quantitative estimate of drug-likeness (QED) is 0.739. The van der Waals surface area contributed by atoms with Crippen LogP contribution in [0.25, 0.3) is 0 Å². The number of amides is 1. The van der Waals surface area contributed by atoms with Gasteiger partial charge in [-0.2, -0.15) is 4.31 Å². The van der Waals surface area contributed by atoms with Gasteiger partial charge >= 0.3 is 0 Å². The van der Waals surface area contributed by atoms with Crippen LogP contribution in [0.4, 0.5) is 4.39 Å². The van der Waals surface area contributed by atoms with E-state index in [4.69, 9.17) is 9.47 Å². The summed E-state index contributed by atoms with van der Waals surface area (Å²) in [5.74, 6) is 0.308. The largest absolute Gasteiger partial charge is 0.493 e. The van der Waals surface area contributed by atoms with Crippen molar-refractivity contribution in [1.82, 2.24) is 9.21 Å². The molecule has 0 N–H and O–H groups in total. The van der Waals surface area contributed by atoms with Gasteiger partial charge in [0, 0.05) is 31.7 Å². The van der Waals surface area contributed by atoms with Crippen LogP contribution in [0.2, 0.25) is 0 Å². The fraction of sp³-hybridized carbons (Fsp3) is 0.350. The number of rotatable bonds is 5. The van der Waals surface area contributed by atoms with Crippen molar-refractivity contribution in [2.24, 2.45) is 0 Å². The second kappa shape index (κ2) is 8.38. The van der Waals surface area contributed by atoms with Gasteiger partial charge < -0.3 is 14.4 Å². The molecular formula is C20H23FN2O5S. The lowest BCUT2D eigenvalue weighted by Crippen LogP contribution is -2.50. The van der Waals surface area contributed by atoms with Gasteiger partial charge in [-0.05, 0) is 48.9 Å². The zero-order chi connectivity index (χ0) is 21.2. The van der Waals surface area contributed by atoms with E-state index < -0.39 is 15.8 Å². The van der Waals surface area contributed by atoms with Crippen LogP contribution in [0.5, 0.6) is 11.5 Å². The molecule has 0 aliphatic carbocycles. The lowest BCUT2D eigenvalue weighted by molar-refractivity contribution is 0.0696. The Bertz CT molecular complexity index is 1000. The molecule has 0 atom stereocenters. The van der Waals surface area contributed by atoms with Gasteiger partial charge in [-0.25, -0.2) is 12.8 Å². The van der Waals surface area contributed by atoms with Gasteiger partial charge in [0.2, 0.25) is 10.0 Å². The van der Waals surface area contributed by atoms with Gasteiger partial charge in [-0.15, -0.1) is 0 Å². The van der Waals surface area contributed by atoms with Crippen molar-refractivity contribution in [3.8, 4) is 11.5 Å². The summed E-state index contributed by atoms with van der Waals surface area (Å²) >= 11 is 0. The van der Waals surface area contributed by atoms with E-state index >= 15 is 0 Å². The molecule has 1 amide bonds. The standard InChI is InChI=1S/C20H23FN2O5S/c1-14-12-18(27-2)19(28-3)13-17(14)20(24)22-8-10-23(11-9-22)29(25,26)16-6-4-15(21)5-7-16/h4-7,12-13H,8-11H2,1-3H3. The summed E-state index contributed by atoms with van der Waals surface area (Å²) in [7, 11) is -0.700. The highest BCUT2D eigenvalue weighted by Gasteiger charge is 2.31. The Labute approximate surface area is 169 Å². The van der Waals surface area contributed by atoms with Crippen LogP contribution in [0.15, 0.2) is 41.3 Å². The number of hydrogen-bond donors (Lipinski definition) is 0. The number of nitrogens with zero attached hydrogens (tertiary/aromatic N) is 2. The summed E-state index contributed by atoms with van der Waals surface area (Å²) in [6.45, 7) is 2.65. The van der Waals surface area contributed by atoms with E-state index in [9.17, 15) is 17.6 Å². The lowest BCUT2D eigenvalue weighted by atomic mass is 10.1. The molecule has 1 saturated heterocycles. The molecule has 156 valence electrons. The highest BCUT2D eigenvalue weighted by molar-refractivity contribution is 7.89. The highest BCUT2D eigenvalue weighted by Crippen LogP contribution is 2.31. The summed E-state index contributed by atoms with van der Waals surface area (Å²) in [6.07, 6.45) is 0. The van der Waals surface area contributed by atoms with Gasteiger partial charge in [0.25, 0.3) is 5.91 Å². The Hall–Kier alpha value is -2.65. The molecule has 29 heavy (non-hydrogen) atoms. The number of methoxy groups -OCH3 is 2. The Balaban J connectivity index is 1.74. The van der Waals surface area contributed by atoms with E-state index in [0.717, 1.165) is 17.7 Å². The normalized spacial score (nSPS) is 15.2. The summed E-state index contributed by atoms with van der Waals surface area (Å²) in [4.78, 5) is 14.6. The lowest BCUT2D eigenvalue weighted by Gasteiger charge is -2.34. The van der Waals surface area contributed by atoms with E-state index in [0.29, 0.717) is 17.1 Å². The van der Waals surface area contributed by atoms with Crippen LogP contribution < -0.4 is 9.47 Å². The number of benzene rings is 2. The Morgan fingerprint density at radius 3 is 2.07 bits per heavy atom. The van der Waals surface area contributed by atoms with Gasteiger partial charge in [0.05, 0.1) is 19.1 Å². The monoisotopic (exact) mass is 422 g/mol. The molecule has 0 aromatic heterocycles. The van der Waals surface area contributed by atoms with E-state index in [1.807, 2.05) is 6.92 Å². The predicted molar refractivity (Wildman–Crippen MR) is 105 cm³/mol. The third-order valence-electron chi connectivity index (χ3n) is 4.94. The first kappa shape index (κ1) is 21.1. The fourth-order valence-electron chi connectivity index (χ4n) is 3.27. The molecule has 1 fully saturated rings. The number of piperazine rings is 1. The van der Waals surface area contributed by atoms with Crippen molar-refractivity contribution in [2.75, 3.05) is 40.4 Å². The van der Waals surface area contributed by atoms with E-state index in [1.165, 1.54) is 30.7 Å². The zero-order valence-electron chi connectivity index (χ0n) is 16.5. The van der Waals surface area contributed by atoms with E-state index in [2.05, 4.69) is 0 Å². The van der Waals surface area contributed by atoms with Crippen molar-refractivity contribution in [2.45, 2.75) is 11.8 Å². The molecule has 2 aromatic carbocycles. The van der Waals surface area contributed by atoms with Crippen molar-refractivity contribution in [3.63, 3.8) is 0 Å². The number of sulfonamides is 1. The average molecular weight is 422 g/mol. The van der Waals surface area contributed by atoms with Crippen LogP contribution in [0, 0.1) is 12.7 Å². The van der Waals surface area contributed by atoms with E-state index in [-0.39, 0.29) is 37.0 Å². The number of ether oxygens (including phenoxy) is 2. The van der Waals surface area contributed by atoms with Gasteiger partial charge in [0.15, 0.2) is 11.5 Å². The number of carbonyl (C=O) groups is 1. The Morgan fingerprint density at radius 1 is 0.966 bits per heavy atom. The third-order valence-corrected chi connectivity index (χ3v) is 6.85. The maximum absolute atomic E-state index is 13.1. The molecule has 0 saturated carbocycles. The third kappa shape index (κ3) is 4.20.